The predicted molar refractivity (Wildman–Crippen MR) is 75.7 cm³/mol. The Morgan fingerprint density at radius 1 is 1.32 bits per heavy atom. The minimum atomic E-state index is 0.337. The molecule has 2 aromatic rings. The summed E-state index contributed by atoms with van der Waals surface area (Å²) in [6.07, 6.45) is 1.72. The first-order valence-electron chi connectivity index (χ1n) is 6.06. The van der Waals surface area contributed by atoms with Gasteiger partial charge in [0.25, 0.3) is 0 Å². The largest absolute Gasteiger partial charge is 0.496 e. The van der Waals surface area contributed by atoms with E-state index in [1.54, 1.807) is 13.3 Å². The Kier molecular flexibility index (Phi) is 3.97. The molecule has 5 nitrogen and oxygen atoms in total. The minimum absolute atomic E-state index is 0.337. The van der Waals surface area contributed by atoms with Crippen LogP contribution in [-0.4, -0.2) is 24.1 Å². The minimum Gasteiger partial charge on any atom is -0.496 e. The van der Waals surface area contributed by atoms with Gasteiger partial charge in [0.2, 0.25) is 0 Å². The van der Waals surface area contributed by atoms with Gasteiger partial charge < -0.3 is 15.4 Å². The van der Waals surface area contributed by atoms with E-state index in [4.69, 9.17) is 10.5 Å². The van der Waals surface area contributed by atoms with Crippen LogP contribution in [0, 0.1) is 6.92 Å². The highest BCUT2D eigenvalue weighted by Gasteiger charge is 2.08. The van der Waals surface area contributed by atoms with Gasteiger partial charge in [-0.1, -0.05) is 0 Å². The zero-order valence-electron chi connectivity index (χ0n) is 11.4. The fraction of sp³-hybridized carbons (Fsp3) is 0.286. The van der Waals surface area contributed by atoms with E-state index in [2.05, 4.69) is 16.0 Å². The van der Waals surface area contributed by atoms with Crippen LogP contribution < -0.4 is 15.4 Å². The van der Waals surface area contributed by atoms with Crippen LogP contribution in [0.5, 0.6) is 5.75 Å². The van der Waals surface area contributed by atoms with Crippen molar-refractivity contribution in [2.75, 3.05) is 19.1 Å². The quantitative estimate of drug-likeness (QED) is 0.909. The van der Waals surface area contributed by atoms with E-state index in [0.717, 1.165) is 22.8 Å². The average Bonchev–Trinajstić information content (AvgIpc) is 2.46. The first kappa shape index (κ1) is 13.3. The summed E-state index contributed by atoms with van der Waals surface area (Å²) in [6.45, 7) is 2.35. The van der Waals surface area contributed by atoms with E-state index in [0.29, 0.717) is 12.4 Å². The molecule has 0 saturated carbocycles. The summed E-state index contributed by atoms with van der Waals surface area (Å²) < 4.78 is 5.26. The van der Waals surface area contributed by atoms with Gasteiger partial charge in [-0.05, 0) is 36.8 Å². The number of aryl methyl sites for hydroxylation is 1. The standard InChI is InChI=1S/C14H18N4O/c1-10-8-11(4-5-12(10)19-3)18(2)14-6-7-16-13(9-15)17-14/h4-8H,9,15H2,1-3H3. The molecule has 0 amide bonds. The van der Waals surface area contributed by atoms with Crippen LogP contribution in [0.25, 0.3) is 0 Å². The maximum absolute atomic E-state index is 5.56. The summed E-state index contributed by atoms with van der Waals surface area (Å²) in [4.78, 5) is 10.5. The third kappa shape index (κ3) is 2.82. The molecule has 0 unspecified atom stereocenters. The molecule has 1 aromatic heterocycles. The maximum Gasteiger partial charge on any atom is 0.144 e. The van der Waals surface area contributed by atoms with Crippen LogP contribution in [0.2, 0.25) is 0 Å². The van der Waals surface area contributed by atoms with Gasteiger partial charge in [-0.3, -0.25) is 0 Å². The van der Waals surface area contributed by atoms with E-state index in [1.165, 1.54) is 0 Å². The molecule has 0 aliphatic rings. The fourth-order valence-corrected chi connectivity index (χ4v) is 1.88. The number of methoxy groups -OCH3 is 1. The van der Waals surface area contributed by atoms with Crippen molar-refractivity contribution >= 4 is 11.5 Å². The van der Waals surface area contributed by atoms with Gasteiger partial charge in [0.15, 0.2) is 0 Å². The van der Waals surface area contributed by atoms with Crippen LogP contribution in [0.15, 0.2) is 30.5 Å². The Morgan fingerprint density at radius 2 is 2.11 bits per heavy atom. The fourth-order valence-electron chi connectivity index (χ4n) is 1.88. The van der Waals surface area contributed by atoms with E-state index in [1.807, 2.05) is 37.1 Å². The lowest BCUT2D eigenvalue weighted by molar-refractivity contribution is 0.412. The molecule has 1 heterocycles. The molecule has 0 aliphatic heterocycles. The summed E-state index contributed by atoms with van der Waals surface area (Å²) in [7, 11) is 3.63. The third-order valence-electron chi connectivity index (χ3n) is 2.98. The number of rotatable bonds is 4. The smallest absolute Gasteiger partial charge is 0.144 e. The number of nitrogens with zero attached hydrogens (tertiary/aromatic N) is 3. The molecule has 0 fully saturated rings. The predicted octanol–water partition coefficient (Wildman–Crippen LogP) is 2.02. The van der Waals surface area contributed by atoms with Crippen molar-refractivity contribution < 1.29 is 4.74 Å². The Bertz CT molecular complexity index is 571. The number of aromatic nitrogens is 2. The molecule has 0 aliphatic carbocycles. The monoisotopic (exact) mass is 258 g/mol. The van der Waals surface area contributed by atoms with Crippen LogP contribution in [0.1, 0.15) is 11.4 Å². The van der Waals surface area contributed by atoms with E-state index in [9.17, 15) is 0 Å². The van der Waals surface area contributed by atoms with Crippen LogP contribution in [-0.2, 0) is 6.54 Å². The van der Waals surface area contributed by atoms with Gasteiger partial charge in [0.1, 0.15) is 17.4 Å². The SMILES string of the molecule is COc1ccc(N(C)c2ccnc(CN)n2)cc1C. The molecule has 100 valence electrons. The Balaban J connectivity index is 2.32. The first-order valence-corrected chi connectivity index (χ1v) is 6.06. The lowest BCUT2D eigenvalue weighted by Gasteiger charge is -2.19. The van der Waals surface area contributed by atoms with E-state index in [-0.39, 0.29) is 0 Å². The van der Waals surface area contributed by atoms with Crippen LogP contribution in [0.3, 0.4) is 0 Å². The Labute approximate surface area is 113 Å². The van der Waals surface area contributed by atoms with Crippen molar-refractivity contribution in [1.82, 2.24) is 9.97 Å². The summed E-state index contributed by atoms with van der Waals surface area (Å²) in [5, 5.41) is 0. The highest BCUT2D eigenvalue weighted by molar-refractivity contribution is 5.61. The second-order valence-corrected chi connectivity index (χ2v) is 4.25. The van der Waals surface area contributed by atoms with Crippen molar-refractivity contribution in [3.8, 4) is 5.75 Å². The van der Waals surface area contributed by atoms with Gasteiger partial charge in [-0.2, -0.15) is 0 Å². The summed E-state index contributed by atoms with van der Waals surface area (Å²) in [5.74, 6) is 2.33. The van der Waals surface area contributed by atoms with Crippen molar-refractivity contribution in [1.29, 1.82) is 0 Å². The molecule has 19 heavy (non-hydrogen) atoms. The molecule has 0 radical (unpaired) electrons. The molecular formula is C14H18N4O. The van der Waals surface area contributed by atoms with Gasteiger partial charge in [-0.15, -0.1) is 0 Å². The number of hydrogen-bond acceptors (Lipinski definition) is 5. The molecule has 1 aromatic carbocycles. The number of anilines is 2. The number of nitrogens with two attached hydrogens (primary N) is 1. The molecule has 0 saturated heterocycles. The maximum atomic E-state index is 5.56. The van der Waals surface area contributed by atoms with Crippen LogP contribution >= 0.6 is 0 Å². The molecule has 0 bridgehead atoms. The first-order chi connectivity index (χ1) is 9.15. The van der Waals surface area contributed by atoms with Gasteiger partial charge in [0, 0.05) is 18.9 Å². The van der Waals surface area contributed by atoms with Crippen molar-refractivity contribution in [3.63, 3.8) is 0 Å². The zero-order chi connectivity index (χ0) is 13.8. The summed E-state index contributed by atoms with van der Waals surface area (Å²) in [5.41, 5.74) is 7.68. The highest BCUT2D eigenvalue weighted by atomic mass is 16.5. The molecule has 2 rings (SSSR count). The molecule has 2 N–H and O–H groups in total. The van der Waals surface area contributed by atoms with Crippen molar-refractivity contribution in [3.05, 3.63) is 41.9 Å². The Hall–Kier alpha value is -2.14. The molecule has 0 atom stereocenters. The van der Waals surface area contributed by atoms with Crippen LogP contribution in [0.4, 0.5) is 11.5 Å². The molecular weight excluding hydrogens is 240 g/mol. The Morgan fingerprint density at radius 3 is 2.74 bits per heavy atom. The normalized spacial score (nSPS) is 10.3. The third-order valence-corrected chi connectivity index (χ3v) is 2.98. The number of ether oxygens (including phenoxy) is 1. The molecule has 5 heteroatoms. The van der Waals surface area contributed by atoms with Crippen molar-refractivity contribution in [2.24, 2.45) is 5.73 Å². The highest BCUT2D eigenvalue weighted by Crippen LogP contribution is 2.27. The topological polar surface area (TPSA) is 64.3 Å². The summed E-state index contributed by atoms with van der Waals surface area (Å²) >= 11 is 0. The zero-order valence-corrected chi connectivity index (χ0v) is 11.4. The van der Waals surface area contributed by atoms with Gasteiger partial charge >= 0.3 is 0 Å². The van der Waals surface area contributed by atoms with E-state index < -0.39 is 0 Å². The number of benzene rings is 1. The van der Waals surface area contributed by atoms with Crippen molar-refractivity contribution in [2.45, 2.75) is 13.5 Å². The second kappa shape index (κ2) is 5.67. The molecule has 0 spiro atoms. The average molecular weight is 258 g/mol. The summed E-state index contributed by atoms with van der Waals surface area (Å²) in [6, 6.07) is 7.87. The lowest BCUT2D eigenvalue weighted by Crippen LogP contribution is -2.13. The van der Waals surface area contributed by atoms with Gasteiger partial charge in [0.05, 0.1) is 13.7 Å². The van der Waals surface area contributed by atoms with Gasteiger partial charge in [-0.25, -0.2) is 9.97 Å². The lowest BCUT2D eigenvalue weighted by atomic mass is 10.2. The van der Waals surface area contributed by atoms with E-state index >= 15 is 0 Å². The second-order valence-electron chi connectivity index (χ2n) is 4.25. The number of hydrogen-bond donors (Lipinski definition) is 1.